The molecule has 2 rings (SSSR count). The van der Waals surface area contributed by atoms with Crippen LogP contribution in [0.15, 0.2) is 17.5 Å². The van der Waals surface area contributed by atoms with Crippen LogP contribution in [0.2, 0.25) is 0 Å². The van der Waals surface area contributed by atoms with E-state index in [2.05, 4.69) is 41.7 Å². The zero-order chi connectivity index (χ0) is 11.4. The van der Waals surface area contributed by atoms with Crippen molar-refractivity contribution in [2.75, 3.05) is 33.2 Å². The van der Waals surface area contributed by atoms with Crippen LogP contribution in [0.5, 0.6) is 0 Å². The minimum atomic E-state index is 0.490. The maximum atomic E-state index is 3.32. The van der Waals surface area contributed by atoms with Crippen LogP contribution in [-0.2, 0) is 6.42 Å². The maximum absolute atomic E-state index is 3.32. The molecule has 1 atom stereocenters. The molecule has 1 fully saturated rings. The van der Waals surface area contributed by atoms with Crippen molar-refractivity contribution in [3.05, 3.63) is 22.4 Å². The van der Waals surface area contributed by atoms with Crippen LogP contribution < -0.4 is 5.32 Å². The molecule has 2 nitrogen and oxygen atoms in total. The first-order chi connectivity index (χ1) is 7.72. The van der Waals surface area contributed by atoms with Crippen LogP contribution in [-0.4, -0.2) is 38.1 Å². The Morgan fingerprint density at radius 3 is 3.12 bits per heavy atom. The van der Waals surface area contributed by atoms with Crippen molar-refractivity contribution in [1.29, 1.82) is 0 Å². The summed E-state index contributed by atoms with van der Waals surface area (Å²) in [7, 11) is 2.06. The van der Waals surface area contributed by atoms with Crippen LogP contribution in [0.25, 0.3) is 0 Å². The molecule has 0 radical (unpaired) electrons. The summed E-state index contributed by atoms with van der Waals surface area (Å²) in [5.74, 6) is 0. The van der Waals surface area contributed by atoms with Crippen molar-refractivity contribution < 1.29 is 0 Å². The third-order valence-corrected chi connectivity index (χ3v) is 4.43. The lowest BCUT2D eigenvalue weighted by Gasteiger charge is -2.24. The predicted molar refractivity (Wildman–Crippen MR) is 71.1 cm³/mol. The molecule has 1 saturated heterocycles. The fraction of sp³-hybridized carbons (Fsp3) is 0.692. The summed E-state index contributed by atoms with van der Waals surface area (Å²) in [6.07, 6.45) is 2.55. The summed E-state index contributed by atoms with van der Waals surface area (Å²) >= 11 is 1.88. The van der Waals surface area contributed by atoms with Gasteiger partial charge in [-0.2, -0.15) is 0 Å². The van der Waals surface area contributed by atoms with Gasteiger partial charge in [0.05, 0.1) is 0 Å². The summed E-state index contributed by atoms with van der Waals surface area (Å²) in [6, 6.07) is 4.39. The molecule has 1 aromatic rings. The molecule has 16 heavy (non-hydrogen) atoms. The van der Waals surface area contributed by atoms with Gasteiger partial charge in [-0.15, -0.1) is 11.3 Å². The fourth-order valence-electron chi connectivity index (χ4n) is 2.61. The second-order valence-electron chi connectivity index (χ2n) is 5.20. The van der Waals surface area contributed by atoms with Gasteiger partial charge in [-0.3, -0.25) is 0 Å². The largest absolute Gasteiger partial charge is 0.319 e. The highest BCUT2D eigenvalue weighted by molar-refractivity contribution is 7.09. The molecule has 1 N–H and O–H groups in total. The number of nitrogens with zero attached hydrogens (tertiary/aromatic N) is 1. The molecule has 0 aromatic carbocycles. The van der Waals surface area contributed by atoms with Crippen molar-refractivity contribution >= 4 is 11.3 Å². The van der Waals surface area contributed by atoms with E-state index in [1.54, 1.807) is 0 Å². The third kappa shape index (κ3) is 3.06. The topological polar surface area (TPSA) is 15.3 Å². The average molecular weight is 238 g/mol. The predicted octanol–water partition coefficient (Wildman–Crippen LogP) is 2.22. The molecule has 0 saturated carbocycles. The molecule has 0 spiro atoms. The minimum Gasteiger partial charge on any atom is -0.319 e. The third-order valence-electron chi connectivity index (χ3n) is 3.49. The van der Waals surface area contributed by atoms with Gasteiger partial charge in [-0.25, -0.2) is 0 Å². The zero-order valence-electron chi connectivity index (χ0n) is 10.3. The summed E-state index contributed by atoms with van der Waals surface area (Å²) < 4.78 is 0. The Balaban J connectivity index is 1.76. The van der Waals surface area contributed by atoms with Crippen molar-refractivity contribution in [1.82, 2.24) is 10.2 Å². The lowest BCUT2D eigenvalue weighted by Crippen LogP contribution is -2.33. The molecule has 1 aliphatic heterocycles. The molecular formula is C13H22N2S. The molecule has 3 heteroatoms. The van der Waals surface area contributed by atoms with E-state index < -0.39 is 0 Å². The standard InChI is InChI=1S/C13H22N2S/c1-13(10-14-2)6-8-15(11-13)7-5-12-4-3-9-16-12/h3-4,9,14H,5-8,10-11H2,1-2H3. The van der Waals surface area contributed by atoms with Gasteiger partial charge in [-0.05, 0) is 43.3 Å². The molecule has 1 unspecified atom stereocenters. The monoisotopic (exact) mass is 238 g/mol. The number of hydrogen-bond acceptors (Lipinski definition) is 3. The smallest absolute Gasteiger partial charge is 0.00579 e. The Bertz CT molecular complexity index is 310. The number of likely N-dealkylation sites (tertiary alicyclic amines) is 1. The maximum Gasteiger partial charge on any atom is 0.00579 e. The van der Waals surface area contributed by atoms with Crippen LogP contribution in [0.1, 0.15) is 18.2 Å². The van der Waals surface area contributed by atoms with Crippen molar-refractivity contribution in [3.63, 3.8) is 0 Å². The Kier molecular flexibility index (Phi) is 4.00. The molecule has 0 aliphatic carbocycles. The molecule has 1 aromatic heterocycles. The van der Waals surface area contributed by atoms with E-state index in [9.17, 15) is 0 Å². The Morgan fingerprint density at radius 2 is 2.44 bits per heavy atom. The van der Waals surface area contributed by atoms with Crippen molar-refractivity contribution in [2.45, 2.75) is 19.8 Å². The quantitative estimate of drug-likeness (QED) is 0.846. The minimum absolute atomic E-state index is 0.490. The Hall–Kier alpha value is -0.380. The molecule has 0 bridgehead atoms. The zero-order valence-corrected chi connectivity index (χ0v) is 11.1. The summed E-state index contributed by atoms with van der Waals surface area (Å²) in [6.45, 7) is 7.28. The van der Waals surface area contributed by atoms with Gasteiger partial charge in [0.2, 0.25) is 0 Å². The second kappa shape index (κ2) is 5.30. The van der Waals surface area contributed by atoms with Crippen LogP contribution in [0, 0.1) is 5.41 Å². The first kappa shape index (κ1) is 12.1. The van der Waals surface area contributed by atoms with Crippen LogP contribution >= 0.6 is 11.3 Å². The van der Waals surface area contributed by atoms with Gasteiger partial charge in [-0.1, -0.05) is 13.0 Å². The molecule has 1 aliphatic rings. The SMILES string of the molecule is CNCC1(C)CCN(CCc2cccs2)C1. The molecule has 2 heterocycles. The van der Waals surface area contributed by atoms with Gasteiger partial charge in [0, 0.05) is 24.5 Å². The average Bonchev–Trinajstić information content (AvgIpc) is 2.85. The molecule has 0 amide bonds. The van der Waals surface area contributed by atoms with E-state index in [4.69, 9.17) is 0 Å². The van der Waals surface area contributed by atoms with E-state index in [0.29, 0.717) is 5.41 Å². The summed E-state index contributed by atoms with van der Waals surface area (Å²) in [4.78, 5) is 4.12. The van der Waals surface area contributed by atoms with E-state index in [1.807, 2.05) is 11.3 Å². The van der Waals surface area contributed by atoms with Crippen LogP contribution in [0.4, 0.5) is 0 Å². The van der Waals surface area contributed by atoms with Gasteiger partial charge >= 0.3 is 0 Å². The van der Waals surface area contributed by atoms with Crippen LogP contribution in [0.3, 0.4) is 0 Å². The Labute approximate surface area is 103 Å². The highest BCUT2D eigenvalue weighted by atomic mass is 32.1. The summed E-state index contributed by atoms with van der Waals surface area (Å²) in [5, 5.41) is 5.49. The number of rotatable bonds is 5. The van der Waals surface area contributed by atoms with Crippen molar-refractivity contribution in [2.24, 2.45) is 5.41 Å². The van der Waals surface area contributed by atoms with Gasteiger partial charge in [0.25, 0.3) is 0 Å². The first-order valence-electron chi connectivity index (χ1n) is 6.11. The lowest BCUT2D eigenvalue weighted by atomic mass is 9.90. The number of nitrogens with one attached hydrogen (secondary N) is 1. The van der Waals surface area contributed by atoms with E-state index in [-0.39, 0.29) is 0 Å². The van der Waals surface area contributed by atoms with E-state index in [0.717, 1.165) is 6.54 Å². The van der Waals surface area contributed by atoms with Gasteiger partial charge in [0.15, 0.2) is 0 Å². The lowest BCUT2D eigenvalue weighted by molar-refractivity contribution is 0.273. The number of hydrogen-bond donors (Lipinski definition) is 1. The van der Waals surface area contributed by atoms with Gasteiger partial charge in [0.1, 0.15) is 0 Å². The first-order valence-corrected chi connectivity index (χ1v) is 6.99. The van der Waals surface area contributed by atoms with E-state index >= 15 is 0 Å². The highest BCUT2D eigenvalue weighted by Gasteiger charge is 2.32. The van der Waals surface area contributed by atoms with Crippen molar-refractivity contribution in [3.8, 4) is 0 Å². The fourth-order valence-corrected chi connectivity index (χ4v) is 3.31. The molecule has 90 valence electrons. The summed E-state index contributed by atoms with van der Waals surface area (Å²) in [5.41, 5.74) is 0.490. The van der Waals surface area contributed by atoms with Gasteiger partial charge < -0.3 is 10.2 Å². The highest BCUT2D eigenvalue weighted by Crippen LogP contribution is 2.29. The second-order valence-corrected chi connectivity index (χ2v) is 6.23. The Morgan fingerprint density at radius 1 is 1.56 bits per heavy atom. The molecular weight excluding hydrogens is 216 g/mol. The van der Waals surface area contributed by atoms with E-state index in [1.165, 1.54) is 37.4 Å². The number of thiophene rings is 1. The normalized spacial score (nSPS) is 26.4.